The zero-order valence-corrected chi connectivity index (χ0v) is 10.3. The summed E-state index contributed by atoms with van der Waals surface area (Å²) in [4.78, 5) is 2.09. The summed E-state index contributed by atoms with van der Waals surface area (Å²) in [5.41, 5.74) is 0. The summed E-state index contributed by atoms with van der Waals surface area (Å²) in [5.74, 6) is 0. The third-order valence-electron chi connectivity index (χ3n) is 1.96. The predicted octanol–water partition coefficient (Wildman–Crippen LogP) is 3.40. The zero-order chi connectivity index (χ0) is 9.52. The van der Waals surface area contributed by atoms with E-state index < -0.39 is 0 Å². The molecular weight excluding hydrogens is 246 g/mol. The van der Waals surface area contributed by atoms with Crippen molar-refractivity contribution in [3.05, 3.63) is 22.4 Å². The third kappa shape index (κ3) is 4.79. The summed E-state index contributed by atoms with van der Waals surface area (Å²) in [6.07, 6.45) is 2.42. The first-order valence-corrected chi connectivity index (χ1v) is 6.49. The van der Waals surface area contributed by atoms with Gasteiger partial charge in [0.1, 0.15) is 0 Å². The summed E-state index contributed by atoms with van der Waals surface area (Å²) in [7, 11) is 0. The normalized spacial score (nSPS) is 13.1. The molecule has 3 heteroatoms. The number of nitrogens with one attached hydrogen (secondary N) is 1. The minimum atomic E-state index is 0.670. The number of hydrogen-bond acceptors (Lipinski definition) is 2. The van der Waals surface area contributed by atoms with Gasteiger partial charge in [-0.25, -0.2) is 0 Å². The molecule has 0 saturated heterocycles. The van der Waals surface area contributed by atoms with Crippen molar-refractivity contribution in [3.8, 4) is 0 Å². The molecule has 0 bridgehead atoms. The quantitative estimate of drug-likeness (QED) is 0.612. The fourth-order valence-electron chi connectivity index (χ4n) is 1.09. The Hall–Kier alpha value is 0.140. The van der Waals surface area contributed by atoms with E-state index in [1.807, 2.05) is 11.3 Å². The molecule has 1 aromatic rings. The lowest BCUT2D eigenvalue weighted by Gasteiger charge is -2.06. The molecule has 0 aromatic carbocycles. The SMILES string of the molecule is CCC(Br)CCNCc1cccs1. The first kappa shape index (κ1) is 11.2. The van der Waals surface area contributed by atoms with Crippen LogP contribution in [-0.4, -0.2) is 11.4 Å². The molecule has 1 rings (SSSR count). The Morgan fingerprint density at radius 2 is 2.46 bits per heavy atom. The molecule has 0 aliphatic rings. The summed E-state index contributed by atoms with van der Waals surface area (Å²) in [6, 6.07) is 4.27. The molecule has 0 saturated carbocycles. The van der Waals surface area contributed by atoms with Gasteiger partial charge in [0.2, 0.25) is 0 Å². The first-order valence-electron chi connectivity index (χ1n) is 4.70. The highest BCUT2D eigenvalue weighted by Gasteiger charge is 1.99. The van der Waals surface area contributed by atoms with E-state index in [2.05, 4.69) is 45.7 Å². The van der Waals surface area contributed by atoms with Gasteiger partial charge in [-0.2, -0.15) is 0 Å². The van der Waals surface area contributed by atoms with Crippen molar-refractivity contribution in [2.75, 3.05) is 6.54 Å². The first-order chi connectivity index (χ1) is 6.33. The van der Waals surface area contributed by atoms with E-state index in [9.17, 15) is 0 Å². The minimum absolute atomic E-state index is 0.670. The fourth-order valence-corrected chi connectivity index (χ4v) is 1.99. The molecule has 0 spiro atoms. The van der Waals surface area contributed by atoms with Crippen LogP contribution in [0.3, 0.4) is 0 Å². The molecule has 1 atom stereocenters. The number of thiophene rings is 1. The van der Waals surface area contributed by atoms with Crippen LogP contribution in [0.15, 0.2) is 17.5 Å². The van der Waals surface area contributed by atoms with E-state index in [4.69, 9.17) is 0 Å². The number of halogens is 1. The Morgan fingerprint density at radius 1 is 1.62 bits per heavy atom. The molecule has 13 heavy (non-hydrogen) atoms. The van der Waals surface area contributed by atoms with Crippen molar-refractivity contribution < 1.29 is 0 Å². The molecule has 1 aromatic heterocycles. The average molecular weight is 262 g/mol. The van der Waals surface area contributed by atoms with Gasteiger partial charge in [0.15, 0.2) is 0 Å². The van der Waals surface area contributed by atoms with E-state index >= 15 is 0 Å². The number of alkyl halides is 1. The van der Waals surface area contributed by atoms with Gasteiger partial charge in [-0.15, -0.1) is 11.3 Å². The summed E-state index contributed by atoms with van der Waals surface area (Å²) in [5, 5.41) is 5.55. The van der Waals surface area contributed by atoms with Gasteiger partial charge in [-0.3, -0.25) is 0 Å². The molecule has 0 aliphatic heterocycles. The monoisotopic (exact) mass is 261 g/mol. The fraction of sp³-hybridized carbons (Fsp3) is 0.600. The third-order valence-corrected chi connectivity index (χ3v) is 3.94. The van der Waals surface area contributed by atoms with Gasteiger partial charge in [-0.05, 0) is 30.8 Å². The average Bonchev–Trinajstić information content (AvgIpc) is 2.64. The lowest BCUT2D eigenvalue weighted by molar-refractivity contribution is 0.634. The van der Waals surface area contributed by atoms with E-state index in [0.29, 0.717) is 4.83 Å². The Labute approximate surface area is 92.7 Å². The Bertz CT molecular complexity index is 211. The van der Waals surface area contributed by atoms with Crippen LogP contribution < -0.4 is 5.32 Å². The smallest absolute Gasteiger partial charge is 0.0299 e. The topological polar surface area (TPSA) is 12.0 Å². The van der Waals surface area contributed by atoms with E-state index in [1.54, 1.807) is 0 Å². The van der Waals surface area contributed by atoms with Crippen LogP contribution >= 0.6 is 27.3 Å². The molecule has 74 valence electrons. The van der Waals surface area contributed by atoms with Gasteiger partial charge in [0.25, 0.3) is 0 Å². The standard InChI is InChI=1S/C10H16BrNS/c1-2-9(11)5-6-12-8-10-4-3-7-13-10/h3-4,7,9,12H,2,5-6,8H2,1H3. The van der Waals surface area contributed by atoms with Crippen molar-refractivity contribution in [1.82, 2.24) is 5.32 Å². The molecular formula is C10H16BrNS. The highest BCUT2D eigenvalue weighted by atomic mass is 79.9. The maximum atomic E-state index is 3.62. The lowest BCUT2D eigenvalue weighted by atomic mass is 10.2. The highest BCUT2D eigenvalue weighted by Crippen LogP contribution is 2.09. The van der Waals surface area contributed by atoms with Crippen LogP contribution in [0, 0.1) is 0 Å². The highest BCUT2D eigenvalue weighted by molar-refractivity contribution is 9.09. The van der Waals surface area contributed by atoms with Gasteiger partial charge in [0.05, 0.1) is 0 Å². The minimum Gasteiger partial charge on any atom is -0.312 e. The van der Waals surface area contributed by atoms with E-state index in [0.717, 1.165) is 13.1 Å². The molecule has 0 aliphatic carbocycles. The second-order valence-corrected chi connectivity index (χ2v) is 5.38. The van der Waals surface area contributed by atoms with Crippen LogP contribution in [0.1, 0.15) is 24.6 Å². The molecule has 1 nitrogen and oxygen atoms in total. The number of rotatable bonds is 6. The van der Waals surface area contributed by atoms with Gasteiger partial charge < -0.3 is 5.32 Å². The summed E-state index contributed by atoms with van der Waals surface area (Å²) in [6.45, 7) is 4.32. The Balaban J connectivity index is 2.02. The van der Waals surface area contributed by atoms with Crippen molar-refractivity contribution in [3.63, 3.8) is 0 Å². The van der Waals surface area contributed by atoms with E-state index in [-0.39, 0.29) is 0 Å². The molecule has 1 unspecified atom stereocenters. The van der Waals surface area contributed by atoms with Crippen molar-refractivity contribution >= 4 is 27.3 Å². The second kappa shape index (κ2) is 6.57. The lowest BCUT2D eigenvalue weighted by Crippen LogP contribution is -2.16. The van der Waals surface area contributed by atoms with Gasteiger partial charge in [0, 0.05) is 16.2 Å². The summed E-state index contributed by atoms with van der Waals surface area (Å²) < 4.78 is 0. The predicted molar refractivity (Wildman–Crippen MR) is 63.6 cm³/mol. The maximum Gasteiger partial charge on any atom is 0.0299 e. The molecule has 0 fully saturated rings. The number of hydrogen-bond donors (Lipinski definition) is 1. The van der Waals surface area contributed by atoms with Gasteiger partial charge in [-0.1, -0.05) is 28.9 Å². The molecule has 0 amide bonds. The molecule has 0 radical (unpaired) electrons. The van der Waals surface area contributed by atoms with Crippen LogP contribution in [0.5, 0.6) is 0 Å². The Kier molecular flexibility index (Phi) is 5.67. The van der Waals surface area contributed by atoms with Crippen LogP contribution in [0.4, 0.5) is 0 Å². The Morgan fingerprint density at radius 3 is 3.08 bits per heavy atom. The maximum absolute atomic E-state index is 3.62. The van der Waals surface area contributed by atoms with Crippen LogP contribution in [0.25, 0.3) is 0 Å². The second-order valence-electron chi connectivity index (χ2n) is 3.05. The largest absolute Gasteiger partial charge is 0.312 e. The van der Waals surface area contributed by atoms with Crippen LogP contribution in [-0.2, 0) is 6.54 Å². The molecule has 1 heterocycles. The summed E-state index contributed by atoms with van der Waals surface area (Å²) >= 11 is 5.43. The van der Waals surface area contributed by atoms with Crippen molar-refractivity contribution in [2.24, 2.45) is 0 Å². The van der Waals surface area contributed by atoms with Crippen molar-refractivity contribution in [2.45, 2.75) is 31.1 Å². The van der Waals surface area contributed by atoms with E-state index in [1.165, 1.54) is 17.7 Å². The van der Waals surface area contributed by atoms with Gasteiger partial charge >= 0.3 is 0 Å². The molecule has 1 N–H and O–H groups in total. The zero-order valence-electron chi connectivity index (χ0n) is 7.92. The van der Waals surface area contributed by atoms with Crippen LogP contribution in [0.2, 0.25) is 0 Å². The van der Waals surface area contributed by atoms with Crippen molar-refractivity contribution in [1.29, 1.82) is 0 Å².